The average Bonchev–Trinajstić information content (AvgIpc) is 2.41. The van der Waals surface area contributed by atoms with Crippen LogP contribution in [-0.2, 0) is 4.74 Å². The van der Waals surface area contributed by atoms with Crippen LogP contribution in [0.4, 0.5) is 23.2 Å². The molecule has 2 N–H and O–H groups in total. The van der Waals surface area contributed by atoms with Gasteiger partial charge in [0.2, 0.25) is 0 Å². The highest BCUT2D eigenvalue weighted by Crippen LogP contribution is 2.23. The normalized spacial score (nSPS) is 12.5. The second-order valence-electron chi connectivity index (χ2n) is 4.31. The average molecular weight is 295 g/mol. The van der Waals surface area contributed by atoms with Gasteiger partial charge in [-0.15, -0.1) is 0 Å². The largest absolute Gasteiger partial charge is 0.389 e. The Morgan fingerprint density at radius 3 is 2.35 bits per heavy atom. The summed E-state index contributed by atoms with van der Waals surface area (Å²) in [6, 6.07) is 0.125. The number of anilines is 1. The Balaban J connectivity index is 2.53. The molecule has 0 aliphatic heterocycles. The second-order valence-corrected chi connectivity index (χ2v) is 4.31. The van der Waals surface area contributed by atoms with Crippen molar-refractivity contribution in [2.24, 2.45) is 0 Å². The van der Waals surface area contributed by atoms with Crippen molar-refractivity contribution < 1.29 is 27.4 Å². The first-order chi connectivity index (χ1) is 9.47. The zero-order valence-electron chi connectivity index (χ0n) is 11.1. The Labute approximate surface area is 114 Å². The lowest BCUT2D eigenvalue weighted by Gasteiger charge is -2.14. The summed E-state index contributed by atoms with van der Waals surface area (Å²) in [5.74, 6) is -6.05. The Morgan fingerprint density at radius 2 is 1.80 bits per heavy atom. The molecule has 3 nitrogen and oxygen atoms in total. The molecule has 1 unspecified atom stereocenters. The van der Waals surface area contributed by atoms with E-state index in [0.29, 0.717) is 6.61 Å². The number of aliphatic hydroxyl groups is 1. The summed E-state index contributed by atoms with van der Waals surface area (Å²) >= 11 is 0. The highest BCUT2D eigenvalue weighted by molar-refractivity contribution is 5.47. The fourth-order valence-electron chi connectivity index (χ4n) is 1.47. The maximum atomic E-state index is 13.3. The minimum Gasteiger partial charge on any atom is -0.389 e. The predicted molar refractivity (Wildman–Crippen MR) is 66.5 cm³/mol. The lowest BCUT2D eigenvalue weighted by atomic mass is 10.2. The molecule has 0 saturated heterocycles. The fraction of sp³-hybridized carbons (Fsp3) is 0.538. The lowest BCUT2D eigenvalue weighted by molar-refractivity contribution is 0.0421. The van der Waals surface area contributed by atoms with E-state index in [1.807, 2.05) is 6.92 Å². The van der Waals surface area contributed by atoms with Crippen molar-refractivity contribution in [3.05, 3.63) is 29.3 Å². The summed E-state index contributed by atoms with van der Waals surface area (Å²) in [7, 11) is 0. The van der Waals surface area contributed by atoms with E-state index in [0.717, 1.165) is 12.8 Å². The van der Waals surface area contributed by atoms with E-state index >= 15 is 0 Å². The van der Waals surface area contributed by atoms with Crippen LogP contribution < -0.4 is 5.32 Å². The van der Waals surface area contributed by atoms with Gasteiger partial charge in [-0.25, -0.2) is 17.6 Å². The maximum Gasteiger partial charge on any atom is 0.185 e. The van der Waals surface area contributed by atoms with Crippen molar-refractivity contribution in [2.75, 3.05) is 25.1 Å². The van der Waals surface area contributed by atoms with Gasteiger partial charge in [-0.3, -0.25) is 0 Å². The lowest BCUT2D eigenvalue weighted by Crippen LogP contribution is -2.26. The third-order valence-electron chi connectivity index (χ3n) is 2.58. The smallest absolute Gasteiger partial charge is 0.185 e. The molecule has 0 bridgehead atoms. The third kappa shape index (κ3) is 4.64. The first-order valence-corrected chi connectivity index (χ1v) is 6.30. The van der Waals surface area contributed by atoms with Crippen LogP contribution >= 0.6 is 0 Å². The van der Waals surface area contributed by atoms with Crippen LogP contribution in [0.1, 0.15) is 19.8 Å². The molecule has 0 saturated carbocycles. The molecule has 7 heteroatoms. The number of hydrogen-bond acceptors (Lipinski definition) is 3. The first-order valence-electron chi connectivity index (χ1n) is 6.30. The number of rotatable bonds is 8. The van der Waals surface area contributed by atoms with Gasteiger partial charge >= 0.3 is 0 Å². The van der Waals surface area contributed by atoms with Crippen molar-refractivity contribution in [3.63, 3.8) is 0 Å². The van der Waals surface area contributed by atoms with Crippen LogP contribution in [0.3, 0.4) is 0 Å². The minimum atomic E-state index is -1.52. The zero-order chi connectivity index (χ0) is 15.1. The van der Waals surface area contributed by atoms with Crippen LogP contribution in [0.25, 0.3) is 0 Å². The molecule has 114 valence electrons. The molecule has 0 amide bonds. The van der Waals surface area contributed by atoms with E-state index in [-0.39, 0.29) is 19.2 Å². The van der Waals surface area contributed by atoms with E-state index in [1.165, 1.54) is 0 Å². The van der Waals surface area contributed by atoms with Crippen molar-refractivity contribution in [1.29, 1.82) is 0 Å². The van der Waals surface area contributed by atoms with E-state index in [2.05, 4.69) is 5.32 Å². The summed E-state index contributed by atoms with van der Waals surface area (Å²) in [4.78, 5) is 0. The standard InChI is InChI=1S/C13H17F4NO2/c1-2-3-4-20-7-8(19)6-18-13-11(16)9(14)5-10(15)12(13)17/h5,8,18-19H,2-4,6-7H2,1H3. The highest BCUT2D eigenvalue weighted by Gasteiger charge is 2.19. The molecule has 1 rings (SSSR count). The summed E-state index contributed by atoms with van der Waals surface area (Å²) in [5, 5.41) is 11.7. The summed E-state index contributed by atoms with van der Waals surface area (Å²) in [6.07, 6.45) is 0.725. The number of unbranched alkanes of at least 4 members (excludes halogenated alkanes) is 1. The van der Waals surface area contributed by atoms with Gasteiger partial charge in [0.15, 0.2) is 23.3 Å². The fourth-order valence-corrected chi connectivity index (χ4v) is 1.47. The van der Waals surface area contributed by atoms with Gasteiger partial charge in [-0.2, -0.15) is 0 Å². The number of aliphatic hydroxyl groups excluding tert-OH is 1. The number of nitrogens with one attached hydrogen (secondary N) is 1. The molecule has 0 radical (unpaired) electrons. The molecule has 20 heavy (non-hydrogen) atoms. The monoisotopic (exact) mass is 295 g/mol. The van der Waals surface area contributed by atoms with Crippen molar-refractivity contribution in [2.45, 2.75) is 25.9 Å². The molecule has 0 heterocycles. The van der Waals surface area contributed by atoms with Gasteiger partial charge in [0.05, 0.1) is 12.7 Å². The summed E-state index contributed by atoms with van der Waals surface area (Å²) in [6.45, 7) is 2.12. The quantitative estimate of drug-likeness (QED) is 0.440. The topological polar surface area (TPSA) is 41.5 Å². The van der Waals surface area contributed by atoms with Gasteiger partial charge < -0.3 is 15.2 Å². The van der Waals surface area contributed by atoms with E-state index in [9.17, 15) is 22.7 Å². The van der Waals surface area contributed by atoms with E-state index in [1.54, 1.807) is 0 Å². The second kappa shape index (κ2) is 8.06. The molecule has 0 spiro atoms. The SMILES string of the molecule is CCCCOCC(O)CNc1c(F)c(F)cc(F)c1F. The molecule has 1 aromatic carbocycles. The minimum absolute atomic E-state index is 0.0337. The summed E-state index contributed by atoms with van der Waals surface area (Å²) < 4.78 is 57.5. The molecular formula is C13H17F4NO2. The van der Waals surface area contributed by atoms with Gasteiger partial charge in [-0.1, -0.05) is 13.3 Å². The van der Waals surface area contributed by atoms with Crippen molar-refractivity contribution >= 4 is 5.69 Å². The van der Waals surface area contributed by atoms with Crippen LogP contribution in [0.15, 0.2) is 6.07 Å². The predicted octanol–water partition coefficient (Wildman–Crippen LogP) is 2.83. The van der Waals surface area contributed by atoms with Gasteiger partial charge in [0.25, 0.3) is 0 Å². The van der Waals surface area contributed by atoms with Crippen molar-refractivity contribution in [3.8, 4) is 0 Å². The van der Waals surface area contributed by atoms with E-state index < -0.39 is 35.1 Å². The molecule has 0 aromatic heterocycles. The van der Waals surface area contributed by atoms with Crippen LogP contribution in [0, 0.1) is 23.3 Å². The molecule has 1 aromatic rings. The molecule has 0 fully saturated rings. The van der Waals surface area contributed by atoms with Gasteiger partial charge in [0.1, 0.15) is 5.69 Å². The van der Waals surface area contributed by atoms with Gasteiger partial charge in [0, 0.05) is 19.2 Å². The number of ether oxygens (including phenoxy) is 1. The number of halogens is 4. The van der Waals surface area contributed by atoms with Gasteiger partial charge in [-0.05, 0) is 6.42 Å². The molecule has 1 atom stereocenters. The Morgan fingerprint density at radius 1 is 1.20 bits per heavy atom. The molecule has 0 aliphatic rings. The Bertz CT molecular complexity index is 417. The van der Waals surface area contributed by atoms with Crippen molar-refractivity contribution in [1.82, 2.24) is 0 Å². The summed E-state index contributed by atoms with van der Waals surface area (Å²) in [5.41, 5.74) is -0.935. The van der Waals surface area contributed by atoms with Crippen LogP contribution in [-0.4, -0.2) is 31.0 Å². The highest BCUT2D eigenvalue weighted by atomic mass is 19.2. The first kappa shape index (κ1) is 16.7. The molecular weight excluding hydrogens is 278 g/mol. The maximum absolute atomic E-state index is 13.3. The van der Waals surface area contributed by atoms with E-state index in [4.69, 9.17) is 4.74 Å². The zero-order valence-corrected chi connectivity index (χ0v) is 11.1. The Kier molecular flexibility index (Phi) is 6.74. The molecule has 0 aliphatic carbocycles. The van der Waals surface area contributed by atoms with Crippen LogP contribution in [0.2, 0.25) is 0 Å². The van der Waals surface area contributed by atoms with Crippen LogP contribution in [0.5, 0.6) is 0 Å². The number of hydrogen-bond donors (Lipinski definition) is 2. The number of benzene rings is 1. The third-order valence-corrected chi connectivity index (χ3v) is 2.58. The Hall–Kier alpha value is -1.34.